The molecule has 2 amide bonds. The van der Waals surface area contributed by atoms with Gasteiger partial charge in [-0.25, -0.2) is 33.7 Å². The molecule has 1 aromatic rings. The molecule has 1 aromatic carbocycles. The summed E-state index contributed by atoms with van der Waals surface area (Å²) in [5.41, 5.74) is -0.952. The van der Waals surface area contributed by atoms with Crippen LogP contribution in [0.25, 0.3) is 0 Å². The number of ether oxygens (including phenoxy) is 3. The molecular formula is C25H36N2O10. The van der Waals surface area contributed by atoms with Crippen LogP contribution in [0.2, 0.25) is 0 Å². The first-order chi connectivity index (χ1) is 17.0. The number of carbonyl (C=O) groups excluding carboxylic acids is 5. The SMILES string of the molecule is C[C@H](CC(=O)OOC(=O)C[C@H](NC(=O)OC(C)(C)C)C(=O)OC(C)(C)C)NC(=O)OCc1ccccc1. The highest BCUT2D eigenvalue weighted by Gasteiger charge is 2.32. The minimum absolute atomic E-state index is 0.0532. The maximum atomic E-state index is 12.5. The van der Waals surface area contributed by atoms with Crippen LogP contribution in [0.4, 0.5) is 9.59 Å². The van der Waals surface area contributed by atoms with Crippen molar-refractivity contribution in [3.63, 3.8) is 0 Å². The number of benzene rings is 1. The van der Waals surface area contributed by atoms with Gasteiger partial charge in [0.2, 0.25) is 0 Å². The molecule has 0 aliphatic rings. The minimum Gasteiger partial charge on any atom is -0.458 e. The fourth-order valence-electron chi connectivity index (χ4n) is 2.61. The number of amides is 2. The molecule has 12 heteroatoms. The molecule has 2 N–H and O–H groups in total. The standard InChI is InChI=1S/C25H36N2O10/c1-16(26-22(31)33-15-17-11-9-8-10-12-17)13-19(28)36-37-20(29)14-18(21(30)34-24(2,3)4)27-23(32)35-25(5,6)7/h8-12,16,18H,13-15H2,1-7H3,(H,26,31)(H,27,32)/t16-,18+/m1/s1. The van der Waals surface area contributed by atoms with Crippen LogP contribution in [0.5, 0.6) is 0 Å². The Balaban J connectivity index is 2.53. The van der Waals surface area contributed by atoms with E-state index in [2.05, 4.69) is 20.4 Å². The molecule has 0 saturated heterocycles. The molecule has 37 heavy (non-hydrogen) atoms. The summed E-state index contributed by atoms with van der Waals surface area (Å²) in [5.74, 6) is -2.99. The second-order valence-electron chi connectivity index (χ2n) is 10.2. The van der Waals surface area contributed by atoms with E-state index < -0.39 is 59.8 Å². The topological polar surface area (TPSA) is 156 Å². The van der Waals surface area contributed by atoms with Crippen LogP contribution in [-0.4, -0.2) is 53.4 Å². The number of hydrogen-bond donors (Lipinski definition) is 2. The van der Waals surface area contributed by atoms with E-state index in [9.17, 15) is 24.0 Å². The zero-order valence-corrected chi connectivity index (χ0v) is 22.2. The van der Waals surface area contributed by atoms with Gasteiger partial charge >= 0.3 is 30.1 Å². The lowest BCUT2D eigenvalue weighted by atomic mass is 10.1. The number of alkyl carbamates (subject to hydrolysis) is 2. The lowest BCUT2D eigenvalue weighted by Gasteiger charge is -2.25. The van der Waals surface area contributed by atoms with Crippen molar-refractivity contribution in [2.75, 3.05) is 0 Å². The average Bonchev–Trinajstić information content (AvgIpc) is 2.74. The third-order valence-corrected chi connectivity index (χ3v) is 4.03. The Morgan fingerprint density at radius 1 is 0.757 bits per heavy atom. The number of nitrogens with one attached hydrogen (secondary N) is 2. The van der Waals surface area contributed by atoms with E-state index in [-0.39, 0.29) is 13.0 Å². The number of esters is 1. The molecule has 12 nitrogen and oxygen atoms in total. The smallest absolute Gasteiger partial charge is 0.408 e. The molecule has 0 spiro atoms. The molecule has 0 aromatic heterocycles. The molecule has 2 atom stereocenters. The van der Waals surface area contributed by atoms with E-state index in [1.807, 2.05) is 6.07 Å². The predicted molar refractivity (Wildman–Crippen MR) is 130 cm³/mol. The third-order valence-electron chi connectivity index (χ3n) is 4.03. The third kappa shape index (κ3) is 15.0. The van der Waals surface area contributed by atoms with E-state index in [0.29, 0.717) is 0 Å². The molecule has 0 heterocycles. The zero-order chi connectivity index (χ0) is 28.2. The number of carbonyl (C=O) groups is 5. The molecular weight excluding hydrogens is 488 g/mol. The summed E-state index contributed by atoms with van der Waals surface area (Å²) in [6.07, 6.45) is -2.72. The van der Waals surface area contributed by atoms with Crippen LogP contribution in [0.3, 0.4) is 0 Å². The van der Waals surface area contributed by atoms with Crippen LogP contribution >= 0.6 is 0 Å². The van der Waals surface area contributed by atoms with Crippen molar-refractivity contribution >= 4 is 30.1 Å². The van der Waals surface area contributed by atoms with Crippen molar-refractivity contribution in [1.82, 2.24) is 10.6 Å². The maximum absolute atomic E-state index is 12.5. The molecule has 0 unspecified atom stereocenters. The van der Waals surface area contributed by atoms with Crippen molar-refractivity contribution in [1.29, 1.82) is 0 Å². The highest BCUT2D eigenvalue weighted by Crippen LogP contribution is 2.12. The lowest BCUT2D eigenvalue weighted by Crippen LogP contribution is -2.47. The van der Waals surface area contributed by atoms with Gasteiger partial charge in [-0.05, 0) is 54.0 Å². The van der Waals surface area contributed by atoms with E-state index in [0.717, 1.165) is 5.56 Å². The Morgan fingerprint density at radius 3 is 1.84 bits per heavy atom. The minimum atomic E-state index is -1.46. The summed E-state index contributed by atoms with van der Waals surface area (Å²) in [6.45, 7) is 11.3. The first-order valence-electron chi connectivity index (χ1n) is 11.6. The Labute approximate surface area is 216 Å². The van der Waals surface area contributed by atoms with E-state index in [1.165, 1.54) is 6.92 Å². The first kappa shape index (κ1) is 31.2. The highest BCUT2D eigenvalue weighted by molar-refractivity contribution is 5.86. The predicted octanol–water partition coefficient (Wildman–Crippen LogP) is 3.32. The van der Waals surface area contributed by atoms with Crippen LogP contribution in [0, 0.1) is 0 Å². The molecule has 0 radical (unpaired) electrons. The fourth-order valence-corrected chi connectivity index (χ4v) is 2.61. The summed E-state index contributed by atoms with van der Waals surface area (Å²) < 4.78 is 15.4. The largest absolute Gasteiger partial charge is 0.458 e. The zero-order valence-electron chi connectivity index (χ0n) is 22.2. The molecule has 0 aliphatic heterocycles. The monoisotopic (exact) mass is 524 g/mol. The van der Waals surface area contributed by atoms with E-state index >= 15 is 0 Å². The normalized spacial score (nSPS) is 12.8. The van der Waals surface area contributed by atoms with Gasteiger partial charge in [0.05, 0.1) is 12.8 Å². The molecule has 0 aliphatic carbocycles. The highest BCUT2D eigenvalue weighted by atomic mass is 17.2. The first-order valence-corrected chi connectivity index (χ1v) is 11.6. The Bertz CT molecular complexity index is 935. The van der Waals surface area contributed by atoms with E-state index in [4.69, 9.17) is 14.2 Å². The molecule has 206 valence electrons. The van der Waals surface area contributed by atoms with Crippen LogP contribution < -0.4 is 10.6 Å². The van der Waals surface area contributed by atoms with Crippen molar-refractivity contribution in [3.05, 3.63) is 35.9 Å². The van der Waals surface area contributed by atoms with Crippen molar-refractivity contribution in [3.8, 4) is 0 Å². The summed E-state index contributed by atoms with van der Waals surface area (Å²) in [4.78, 5) is 69.6. The summed E-state index contributed by atoms with van der Waals surface area (Å²) in [5, 5.41) is 4.71. The summed E-state index contributed by atoms with van der Waals surface area (Å²) >= 11 is 0. The molecule has 0 fully saturated rings. The van der Waals surface area contributed by atoms with Crippen LogP contribution in [0.1, 0.15) is 66.9 Å². The number of rotatable bonds is 9. The second kappa shape index (κ2) is 14.0. The van der Waals surface area contributed by atoms with Gasteiger partial charge in [-0.1, -0.05) is 30.3 Å². The van der Waals surface area contributed by atoms with Gasteiger partial charge in [0.15, 0.2) is 0 Å². The molecule has 1 rings (SSSR count). The van der Waals surface area contributed by atoms with E-state index in [1.54, 1.807) is 65.8 Å². The Kier molecular flexibility index (Phi) is 11.8. The average molecular weight is 525 g/mol. The quantitative estimate of drug-likeness (QED) is 0.213. The van der Waals surface area contributed by atoms with Crippen LogP contribution in [0.15, 0.2) is 30.3 Å². The fraction of sp³-hybridized carbons (Fsp3) is 0.560. The van der Waals surface area contributed by atoms with Crippen LogP contribution in [-0.2, 0) is 45.0 Å². The van der Waals surface area contributed by atoms with Gasteiger partial charge < -0.3 is 24.8 Å². The van der Waals surface area contributed by atoms with Gasteiger partial charge in [-0.2, -0.15) is 0 Å². The van der Waals surface area contributed by atoms with Gasteiger partial charge in [-0.15, -0.1) is 0 Å². The van der Waals surface area contributed by atoms with Crippen molar-refractivity contribution < 1.29 is 48.0 Å². The Morgan fingerprint density at radius 2 is 1.30 bits per heavy atom. The van der Waals surface area contributed by atoms with Gasteiger partial charge in [0.1, 0.15) is 23.9 Å². The molecule has 0 bridgehead atoms. The number of hydrogen-bond acceptors (Lipinski definition) is 10. The van der Waals surface area contributed by atoms with Crippen molar-refractivity contribution in [2.24, 2.45) is 0 Å². The summed E-state index contributed by atoms with van der Waals surface area (Å²) in [7, 11) is 0. The Hall–Kier alpha value is -3.83. The maximum Gasteiger partial charge on any atom is 0.408 e. The van der Waals surface area contributed by atoms with Crippen molar-refractivity contribution in [2.45, 2.75) is 91.2 Å². The lowest BCUT2D eigenvalue weighted by molar-refractivity contribution is -0.259. The molecule has 0 saturated carbocycles. The van der Waals surface area contributed by atoms with Gasteiger partial charge in [0, 0.05) is 6.04 Å². The van der Waals surface area contributed by atoms with Gasteiger partial charge in [-0.3, -0.25) is 0 Å². The van der Waals surface area contributed by atoms with Gasteiger partial charge in [0.25, 0.3) is 0 Å². The second-order valence-corrected chi connectivity index (χ2v) is 10.2. The summed E-state index contributed by atoms with van der Waals surface area (Å²) in [6, 6.07) is 6.87.